The van der Waals surface area contributed by atoms with E-state index in [1.165, 1.54) is 12.1 Å². The fourth-order valence-electron chi connectivity index (χ4n) is 4.04. The van der Waals surface area contributed by atoms with Crippen LogP contribution in [0.3, 0.4) is 0 Å². The summed E-state index contributed by atoms with van der Waals surface area (Å²) in [5.41, 5.74) is 4.26. The molecule has 0 saturated carbocycles. The van der Waals surface area contributed by atoms with Crippen LogP contribution in [0.1, 0.15) is 29.5 Å². The fourth-order valence-corrected chi connectivity index (χ4v) is 4.30. The highest BCUT2D eigenvalue weighted by Gasteiger charge is 2.22. The van der Waals surface area contributed by atoms with Crippen LogP contribution < -0.4 is 10.9 Å². The second kappa shape index (κ2) is 9.16. The third-order valence-electron chi connectivity index (χ3n) is 5.56. The van der Waals surface area contributed by atoms with Gasteiger partial charge in [-0.3, -0.25) is 4.79 Å². The molecule has 0 radical (unpaired) electrons. The largest absolute Gasteiger partial charge is 0.376 e. The van der Waals surface area contributed by atoms with Gasteiger partial charge in [0, 0.05) is 24.4 Å². The Morgan fingerprint density at radius 2 is 2.03 bits per heavy atom. The van der Waals surface area contributed by atoms with Crippen molar-refractivity contribution in [1.82, 2.24) is 9.88 Å². The average molecular weight is 440 g/mol. The van der Waals surface area contributed by atoms with Crippen LogP contribution in [0.2, 0.25) is 0 Å². The summed E-state index contributed by atoms with van der Waals surface area (Å²) >= 11 is 5.66. The first-order chi connectivity index (χ1) is 14.9. The molecule has 2 heterocycles. The number of rotatable bonds is 5. The van der Waals surface area contributed by atoms with Crippen molar-refractivity contribution in [3.05, 3.63) is 75.3 Å². The van der Waals surface area contributed by atoms with Crippen LogP contribution in [0.15, 0.2) is 47.3 Å². The van der Waals surface area contributed by atoms with Crippen molar-refractivity contribution in [2.75, 3.05) is 18.5 Å². The molecule has 162 valence electrons. The van der Waals surface area contributed by atoms with E-state index < -0.39 is 0 Å². The number of aromatic nitrogens is 1. The van der Waals surface area contributed by atoms with Crippen LogP contribution in [0.4, 0.5) is 10.1 Å². The Hall–Kier alpha value is -2.77. The zero-order valence-corrected chi connectivity index (χ0v) is 18.5. The number of aryl methyl sites for hydroxylation is 2. The van der Waals surface area contributed by atoms with Gasteiger partial charge in [0.25, 0.3) is 5.56 Å². The van der Waals surface area contributed by atoms with Gasteiger partial charge in [-0.1, -0.05) is 11.6 Å². The van der Waals surface area contributed by atoms with Crippen LogP contribution >= 0.6 is 12.2 Å². The number of benzene rings is 2. The van der Waals surface area contributed by atoms with Crippen molar-refractivity contribution in [2.24, 2.45) is 0 Å². The van der Waals surface area contributed by atoms with E-state index in [9.17, 15) is 9.18 Å². The highest BCUT2D eigenvalue weighted by molar-refractivity contribution is 7.80. The quantitative estimate of drug-likeness (QED) is 0.566. The number of hydrogen-bond acceptors (Lipinski definition) is 3. The van der Waals surface area contributed by atoms with E-state index in [1.54, 1.807) is 12.1 Å². The summed E-state index contributed by atoms with van der Waals surface area (Å²) in [6, 6.07) is 12.1. The Morgan fingerprint density at radius 3 is 2.74 bits per heavy atom. The topological polar surface area (TPSA) is 57.4 Å². The molecule has 0 spiro atoms. The minimum absolute atomic E-state index is 0.0667. The molecule has 7 heteroatoms. The predicted molar refractivity (Wildman–Crippen MR) is 126 cm³/mol. The van der Waals surface area contributed by atoms with Gasteiger partial charge in [0.15, 0.2) is 5.11 Å². The molecule has 5 nitrogen and oxygen atoms in total. The van der Waals surface area contributed by atoms with Crippen LogP contribution in [0, 0.1) is 19.7 Å². The second-order valence-electron chi connectivity index (χ2n) is 8.12. The van der Waals surface area contributed by atoms with Crippen LogP contribution in [-0.2, 0) is 11.3 Å². The lowest BCUT2D eigenvalue weighted by Crippen LogP contribution is -2.40. The van der Waals surface area contributed by atoms with Crippen molar-refractivity contribution in [3.63, 3.8) is 0 Å². The maximum absolute atomic E-state index is 13.2. The summed E-state index contributed by atoms with van der Waals surface area (Å²) in [6.07, 6.45) is 2.05. The lowest BCUT2D eigenvalue weighted by atomic mass is 10.1. The summed E-state index contributed by atoms with van der Waals surface area (Å²) in [6.45, 7) is 5.72. The summed E-state index contributed by atoms with van der Waals surface area (Å²) in [5.74, 6) is -0.305. The molecule has 0 amide bonds. The number of aromatic amines is 1. The number of ether oxygens (including phenoxy) is 1. The van der Waals surface area contributed by atoms with Crippen LogP contribution in [0.25, 0.3) is 10.9 Å². The van der Waals surface area contributed by atoms with Gasteiger partial charge < -0.3 is 19.9 Å². The molecule has 2 N–H and O–H groups in total. The predicted octanol–water partition coefficient (Wildman–Crippen LogP) is 4.66. The van der Waals surface area contributed by atoms with Gasteiger partial charge in [0.05, 0.1) is 18.2 Å². The summed E-state index contributed by atoms with van der Waals surface area (Å²) in [7, 11) is 0. The smallest absolute Gasteiger partial charge is 0.253 e. The number of H-pyrrole nitrogens is 1. The third kappa shape index (κ3) is 5.11. The van der Waals surface area contributed by atoms with E-state index in [2.05, 4.69) is 22.4 Å². The van der Waals surface area contributed by atoms with Gasteiger partial charge >= 0.3 is 0 Å². The molecule has 31 heavy (non-hydrogen) atoms. The Labute approximate surface area is 186 Å². The first kappa shape index (κ1) is 21.5. The standard InChI is InChI=1S/C24H26FN3O2S/c1-15-10-16(2)22-17(11-15)12-18(23(29)27-22)13-28(14-21-4-3-9-30-21)24(31)26-20-7-5-19(25)6-8-20/h5-8,10-12,21H,3-4,9,13-14H2,1-2H3,(H,26,31)(H,27,29). The Balaban J connectivity index is 1.62. The molecule has 2 aromatic carbocycles. The van der Waals surface area contributed by atoms with Crippen molar-refractivity contribution in [1.29, 1.82) is 0 Å². The first-order valence-electron chi connectivity index (χ1n) is 10.5. The van der Waals surface area contributed by atoms with Crippen LogP contribution in [0.5, 0.6) is 0 Å². The van der Waals surface area contributed by atoms with E-state index in [-0.39, 0.29) is 17.5 Å². The molecule has 0 bridgehead atoms. The third-order valence-corrected chi connectivity index (χ3v) is 5.92. The van der Waals surface area contributed by atoms with Gasteiger partial charge in [-0.15, -0.1) is 0 Å². The normalized spacial score (nSPS) is 15.9. The molecule has 0 aliphatic carbocycles. The molecule has 1 aliphatic heterocycles. The SMILES string of the molecule is Cc1cc(C)c2[nH]c(=O)c(CN(CC3CCCO3)C(=S)Nc3ccc(F)cc3)cc2c1. The number of nitrogens with one attached hydrogen (secondary N) is 2. The highest BCUT2D eigenvalue weighted by atomic mass is 32.1. The van der Waals surface area contributed by atoms with Crippen molar-refractivity contribution >= 4 is 33.9 Å². The summed E-state index contributed by atoms with van der Waals surface area (Å²) in [5, 5.41) is 4.64. The Morgan fingerprint density at radius 1 is 1.26 bits per heavy atom. The maximum Gasteiger partial charge on any atom is 0.253 e. The second-order valence-corrected chi connectivity index (χ2v) is 8.51. The van der Waals surface area contributed by atoms with E-state index in [0.29, 0.717) is 29.5 Å². The number of fused-ring (bicyclic) bond motifs is 1. The number of pyridine rings is 1. The zero-order valence-electron chi connectivity index (χ0n) is 17.7. The zero-order chi connectivity index (χ0) is 22.0. The van der Waals surface area contributed by atoms with Gasteiger partial charge in [-0.25, -0.2) is 4.39 Å². The summed E-state index contributed by atoms with van der Waals surface area (Å²) < 4.78 is 19.0. The highest BCUT2D eigenvalue weighted by Crippen LogP contribution is 2.20. The number of thiocarbonyl (C=S) groups is 1. The fraction of sp³-hybridized carbons (Fsp3) is 0.333. The van der Waals surface area contributed by atoms with Crippen molar-refractivity contribution in [3.8, 4) is 0 Å². The molecule has 4 rings (SSSR count). The van der Waals surface area contributed by atoms with Crippen LogP contribution in [-0.4, -0.2) is 34.3 Å². The Bertz CT molecular complexity index is 1150. The van der Waals surface area contributed by atoms with E-state index in [1.807, 2.05) is 24.8 Å². The number of anilines is 1. The molecule has 1 aliphatic rings. The van der Waals surface area contributed by atoms with Gasteiger partial charge in [0.2, 0.25) is 0 Å². The molecule has 1 fully saturated rings. The molecule has 1 unspecified atom stereocenters. The lowest BCUT2D eigenvalue weighted by Gasteiger charge is -2.28. The Kier molecular flexibility index (Phi) is 6.34. The lowest BCUT2D eigenvalue weighted by molar-refractivity contribution is 0.0904. The maximum atomic E-state index is 13.2. The van der Waals surface area contributed by atoms with Crippen molar-refractivity contribution in [2.45, 2.75) is 39.3 Å². The van der Waals surface area contributed by atoms with Gasteiger partial charge in [0.1, 0.15) is 5.82 Å². The number of halogens is 1. The minimum Gasteiger partial charge on any atom is -0.376 e. The molecule has 1 saturated heterocycles. The molecule has 1 aromatic heterocycles. The van der Waals surface area contributed by atoms with Crippen molar-refractivity contribution < 1.29 is 9.13 Å². The van der Waals surface area contributed by atoms with Gasteiger partial charge in [-0.05, 0) is 86.3 Å². The molecule has 3 aromatic rings. The van der Waals surface area contributed by atoms with E-state index in [0.717, 1.165) is 41.5 Å². The first-order valence-corrected chi connectivity index (χ1v) is 10.9. The average Bonchev–Trinajstić information content (AvgIpc) is 3.23. The monoisotopic (exact) mass is 439 g/mol. The molecule has 1 atom stereocenters. The summed E-state index contributed by atoms with van der Waals surface area (Å²) in [4.78, 5) is 17.8. The molecular formula is C24H26FN3O2S. The number of nitrogens with zero attached hydrogens (tertiary/aromatic N) is 1. The van der Waals surface area contributed by atoms with Gasteiger partial charge in [-0.2, -0.15) is 0 Å². The number of hydrogen-bond donors (Lipinski definition) is 2. The van der Waals surface area contributed by atoms with E-state index >= 15 is 0 Å². The minimum atomic E-state index is -0.305. The molecular weight excluding hydrogens is 413 g/mol. The van der Waals surface area contributed by atoms with E-state index in [4.69, 9.17) is 17.0 Å².